The molecule has 0 radical (unpaired) electrons. The Kier molecular flexibility index (Phi) is 4.68. The van der Waals surface area contributed by atoms with Crippen LogP contribution in [0.4, 0.5) is 5.69 Å². The molecule has 0 unspecified atom stereocenters. The molecule has 0 amide bonds. The van der Waals surface area contributed by atoms with Crippen LogP contribution < -0.4 is 4.74 Å². The molecule has 0 saturated carbocycles. The number of aryl methyl sites for hydroxylation is 1. The van der Waals surface area contributed by atoms with Gasteiger partial charge < -0.3 is 4.74 Å². The third-order valence-electron chi connectivity index (χ3n) is 3.13. The van der Waals surface area contributed by atoms with Crippen LogP contribution in [-0.4, -0.2) is 17.8 Å². The van der Waals surface area contributed by atoms with Crippen LogP contribution in [0.3, 0.4) is 0 Å². The first-order valence-electron chi connectivity index (χ1n) is 6.63. The summed E-state index contributed by atoms with van der Waals surface area (Å²) >= 11 is 0. The zero-order chi connectivity index (χ0) is 16.1. The average molecular weight is 297 g/mol. The van der Waals surface area contributed by atoms with Gasteiger partial charge in [0.25, 0.3) is 5.69 Å². The highest BCUT2D eigenvalue weighted by molar-refractivity contribution is 6.08. The SMILES string of the molecule is COc1ccc(C)cc1C(=O)/C=C/c1cccc([N+](=O)[O-])c1. The molecule has 0 bridgehead atoms. The standard InChI is InChI=1S/C17H15NO4/c1-12-6-9-17(22-2)15(10-12)16(19)8-7-13-4-3-5-14(11-13)18(20)21/h3-11H,1-2H3/b8-7+. The molecule has 0 aliphatic rings. The van der Waals surface area contributed by atoms with Crippen LogP contribution in [0, 0.1) is 17.0 Å². The van der Waals surface area contributed by atoms with E-state index in [4.69, 9.17) is 4.74 Å². The van der Waals surface area contributed by atoms with Crippen molar-refractivity contribution in [2.45, 2.75) is 6.92 Å². The number of allylic oxidation sites excluding steroid dienone is 1. The molecule has 0 N–H and O–H groups in total. The fraction of sp³-hybridized carbons (Fsp3) is 0.118. The molecule has 0 atom stereocenters. The minimum absolute atomic E-state index is 0.0114. The second-order valence-corrected chi connectivity index (χ2v) is 4.75. The maximum absolute atomic E-state index is 12.3. The predicted octanol–water partition coefficient (Wildman–Crippen LogP) is 3.81. The number of hydrogen-bond donors (Lipinski definition) is 0. The maximum Gasteiger partial charge on any atom is 0.270 e. The average Bonchev–Trinajstić information content (AvgIpc) is 2.52. The van der Waals surface area contributed by atoms with E-state index in [-0.39, 0.29) is 11.5 Å². The van der Waals surface area contributed by atoms with E-state index in [0.717, 1.165) is 5.56 Å². The summed E-state index contributed by atoms with van der Waals surface area (Å²) in [5.74, 6) is 0.284. The monoisotopic (exact) mass is 297 g/mol. The van der Waals surface area contributed by atoms with Crippen molar-refractivity contribution in [1.82, 2.24) is 0 Å². The number of benzene rings is 2. The van der Waals surface area contributed by atoms with Crippen molar-refractivity contribution < 1.29 is 14.5 Å². The zero-order valence-electron chi connectivity index (χ0n) is 12.3. The third-order valence-corrected chi connectivity index (χ3v) is 3.13. The van der Waals surface area contributed by atoms with Crippen molar-refractivity contribution in [2.75, 3.05) is 7.11 Å². The number of ketones is 1. The van der Waals surface area contributed by atoms with Gasteiger partial charge in [0.15, 0.2) is 5.78 Å². The maximum atomic E-state index is 12.3. The third kappa shape index (κ3) is 3.58. The lowest BCUT2D eigenvalue weighted by atomic mass is 10.1. The lowest BCUT2D eigenvalue weighted by Gasteiger charge is -2.06. The van der Waals surface area contributed by atoms with Gasteiger partial charge in [0.2, 0.25) is 0 Å². The number of methoxy groups -OCH3 is 1. The molecule has 112 valence electrons. The van der Waals surface area contributed by atoms with Gasteiger partial charge in [0, 0.05) is 12.1 Å². The number of rotatable bonds is 5. The quantitative estimate of drug-likeness (QED) is 0.364. The number of carbonyl (C=O) groups is 1. The first-order valence-corrected chi connectivity index (χ1v) is 6.63. The molecule has 0 fully saturated rings. The van der Waals surface area contributed by atoms with Crippen molar-refractivity contribution >= 4 is 17.5 Å². The molecule has 0 aromatic heterocycles. The Morgan fingerprint density at radius 3 is 2.68 bits per heavy atom. The molecule has 0 heterocycles. The van der Waals surface area contributed by atoms with Crippen molar-refractivity contribution in [3.8, 4) is 5.75 Å². The molecule has 2 rings (SSSR count). The van der Waals surface area contributed by atoms with Crippen LogP contribution in [-0.2, 0) is 0 Å². The summed E-state index contributed by atoms with van der Waals surface area (Å²) in [6.07, 6.45) is 2.94. The Balaban J connectivity index is 2.27. The van der Waals surface area contributed by atoms with E-state index < -0.39 is 4.92 Å². The summed E-state index contributed by atoms with van der Waals surface area (Å²) in [6.45, 7) is 1.89. The van der Waals surface area contributed by atoms with E-state index in [0.29, 0.717) is 16.9 Å². The summed E-state index contributed by atoms with van der Waals surface area (Å²) in [4.78, 5) is 22.5. The number of nitro benzene ring substituents is 1. The number of hydrogen-bond acceptors (Lipinski definition) is 4. The molecule has 22 heavy (non-hydrogen) atoms. The van der Waals surface area contributed by atoms with Gasteiger partial charge in [-0.3, -0.25) is 14.9 Å². The normalized spacial score (nSPS) is 10.6. The molecule has 0 aliphatic heterocycles. The van der Waals surface area contributed by atoms with Gasteiger partial charge in [0.1, 0.15) is 5.75 Å². The summed E-state index contributed by atoms with van der Waals surface area (Å²) in [7, 11) is 1.51. The van der Waals surface area contributed by atoms with E-state index in [1.807, 2.05) is 13.0 Å². The minimum Gasteiger partial charge on any atom is -0.496 e. The molecular formula is C17H15NO4. The molecule has 0 aliphatic carbocycles. The molecule has 2 aromatic carbocycles. The van der Waals surface area contributed by atoms with E-state index in [2.05, 4.69) is 0 Å². The van der Waals surface area contributed by atoms with Gasteiger partial charge in [-0.2, -0.15) is 0 Å². The summed E-state index contributed by atoms with van der Waals surface area (Å²) in [5, 5.41) is 10.7. The molecule has 0 saturated heterocycles. The largest absolute Gasteiger partial charge is 0.496 e. The number of nitro groups is 1. The van der Waals surface area contributed by atoms with E-state index in [1.54, 1.807) is 30.3 Å². The molecule has 2 aromatic rings. The van der Waals surface area contributed by atoms with Crippen LogP contribution in [0.15, 0.2) is 48.5 Å². The van der Waals surface area contributed by atoms with Gasteiger partial charge in [0.05, 0.1) is 17.6 Å². The fourth-order valence-corrected chi connectivity index (χ4v) is 2.02. The Hall–Kier alpha value is -2.95. The lowest BCUT2D eigenvalue weighted by Crippen LogP contribution is -1.99. The van der Waals surface area contributed by atoms with Crippen molar-refractivity contribution in [3.05, 3.63) is 75.3 Å². The highest BCUT2D eigenvalue weighted by Crippen LogP contribution is 2.21. The van der Waals surface area contributed by atoms with Crippen LogP contribution in [0.2, 0.25) is 0 Å². The van der Waals surface area contributed by atoms with Gasteiger partial charge in [-0.15, -0.1) is 0 Å². The highest BCUT2D eigenvalue weighted by atomic mass is 16.6. The van der Waals surface area contributed by atoms with E-state index in [9.17, 15) is 14.9 Å². The summed E-state index contributed by atoms with van der Waals surface area (Å²) in [6, 6.07) is 11.4. The smallest absolute Gasteiger partial charge is 0.270 e. The number of carbonyl (C=O) groups excluding carboxylic acids is 1. The summed E-state index contributed by atoms with van der Waals surface area (Å²) < 4.78 is 5.18. The first-order chi connectivity index (χ1) is 10.5. The van der Waals surface area contributed by atoms with Crippen LogP contribution >= 0.6 is 0 Å². The topological polar surface area (TPSA) is 69.4 Å². The predicted molar refractivity (Wildman–Crippen MR) is 84.2 cm³/mol. The number of nitrogens with zero attached hydrogens (tertiary/aromatic N) is 1. The Bertz CT molecular complexity index is 750. The Morgan fingerprint density at radius 2 is 2.00 bits per heavy atom. The Labute approximate surface area is 128 Å². The van der Waals surface area contributed by atoms with Crippen molar-refractivity contribution in [2.24, 2.45) is 0 Å². The minimum atomic E-state index is -0.469. The van der Waals surface area contributed by atoms with Gasteiger partial charge >= 0.3 is 0 Å². The number of ether oxygens (including phenoxy) is 1. The molecule has 0 spiro atoms. The van der Waals surface area contributed by atoms with Gasteiger partial charge in [-0.1, -0.05) is 29.8 Å². The highest BCUT2D eigenvalue weighted by Gasteiger charge is 2.10. The Morgan fingerprint density at radius 1 is 1.23 bits per heavy atom. The van der Waals surface area contributed by atoms with Gasteiger partial charge in [-0.05, 0) is 30.7 Å². The zero-order valence-corrected chi connectivity index (χ0v) is 12.3. The van der Waals surface area contributed by atoms with Gasteiger partial charge in [-0.25, -0.2) is 0 Å². The van der Waals surface area contributed by atoms with Crippen molar-refractivity contribution in [1.29, 1.82) is 0 Å². The second-order valence-electron chi connectivity index (χ2n) is 4.75. The van der Waals surface area contributed by atoms with E-state index >= 15 is 0 Å². The first kappa shape index (κ1) is 15.4. The second kappa shape index (κ2) is 6.67. The molecule has 5 heteroatoms. The molecular weight excluding hydrogens is 282 g/mol. The lowest BCUT2D eigenvalue weighted by molar-refractivity contribution is -0.384. The number of non-ortho nitro benzene ring substituents is 1. The fourth-order valence-electron chi connectivity index (χ4n) is 2.02. The van der Waals surface area contributed by atoms with Crippen LogP contribution in [0.25, 0.3) is 6.08 Å². The van der Waals surface area contributed by atoms with Crippen LogP contribution in [0.5, 0.6) is 5.75 Å². The van der Waals surface area contributed by atoms with Crippen LogP contribution in [0.1, 0.15) is 21.5 Å². The van der Waals surface area contributed by atoms with Crippen molar-refractivity contribution in [3.63, 3.8) is 0 Å². The molecule has 5 nitrogen and oxygen atoms in total. The summed E-state index contributed by atoms with van der Waals surface area (Å²) in [5.41, 5.74) is 1.99. The van der Waals surface area contributed by atoms with E-state index in [1.165, 1.54) is 25.3 Å².